The quantitative estimate of drug-likeness (QED) is 0.380. The molecule has 0 atom stereocenters. The molecule has 1 saturated heterocycles. The van der Waals surface area contributed by atoms with Crippen molar-refractivity contribution < 1.29 is 22.7 Å². The molecule has 39 heavy (non-hydrogen) atoms. The summed E-state index contributed by atoms with van der Waals surface area (Å²) in [6, 6.07) is 9.42. The summed E-state index contributed by atoms with van der Waals surface area (Å²) in [5.74, 6) is 0.408. The van der Waals surface area contributed by atoms with Crippen LogP contribution in [-0.2, 0) is 24.0 Å². The lowest BCUT2D eigenvalue weighted by molar-refractivity contribution is -0.137. The first-order chi connectivity index (χ1) is 18.7. The molecule has 1 fully saturated rings. The van der Waals surface area contributed by atoms with Crippen LogP contribution in [0.25, 0.3) is 22.3 Å². The molecule has 1 amide bonds. The van der Waals surface area contributed by atoms with Gasteiger partial charge in [0.2, 0.25) is 0 Å². The third-order valence-corrected chi connectivity index (χ3v) is 7.45. The number of benzene rings is 2. The summed E-state index contributed by atoms with van der Waals surface area (Å²) in [4.78, 5) is 26.0. The summed E-state index contributed by atoms with van der Waals surface area (Å²) >= 11 is 0. The number of alkyl halides is 3. The number of hydrogen-bond acceptors (Lipinski definition) is 6. The van der Waals surface area contributed by atoms with Crippen molar-refractivity contribution in [3.8, 4) is 11.4 Å². The highest BCUT2D eigenvalue weighted by atomic mass is 19.4. The van der Waals surface area contributed by atoms with Gasteiger partial charge >= 0.3 is 6.18 Å². The molecule has 2 aliphatic heterocycles. The third kappa shape index (κ3) is 4.71. The summed E-state index contributed by atoms with van der Waals surface area (Å²) in [6.07, 6.45) is -2.98. The molecular weight excluding hydrogens is 509 g/mol. The number of ether oxygens (including phenoxy) is 1. The molecule has 0 bridgehead atoms. The number of rotatable bonds is 3. The topological polar surface area (TPSA) is 76.4 Å². The van der Waals surface area contributed by atoms with Crippen LogP contribution in [-0.4, -0.2) is 63.4 Å². The van der Waals surface area contributed by atoms with Crippen LogP contribution in [0.15, 0.2) is 42.6 Å². The van der Waals surface area contributed by atoms with Gasteiger partial charge in [-0.15, -0.1) is 0 Å². The van der Waals surface area contributed by atoms with Gasteiger partial charge in [0, 0.05) is 48.0 Å². The Labute approximate surface area is 223 Å². The van der Waals surface area contributed by atoms with Crippen molar-refractivity contribution in [1.29, 1.82) is 0 Å². The number of carbonyl (C=O) groups excluding carboxylic acids is 1. The molecule has 2 aliphatic rings. The number of fused-ring (bicyclic) bond motifs is 2. The Hall–Kier alpha value is -3.99. The van der Waals surface area contributed by atoms with E-state index in [1.807, 2.05) is 36.7 Å². The maximum Gasteiger partial charge on any atom is 0.416 e. The fourth-order valence-corrected chi connectivity index (χ4v) is 5.27. The van der Waals surface area contributed by atoms with Crippen LogP contribution in [0, 0.1) is 13.8 Å². The molecular formula is C28H27F3N6O2. The van der Waals surface area contributed by atoms with Gasteiger partial charge in [-0.05, 0) is 55.8 Å². The monoisotopic (exact) mass is 536 g/mol. The van der Waals surface area contributed by atoms with Crippen LogP contribution in [0.2, 0.25) is 0 Å². The Morgan fingerprint density at radius 1 is 1.00 bits per heavy atom. The Kier molecular flexibility index (Phi) is 6.25. The van der Waals surface area contributed by atoms with Gasteiger partial charge in [-0.3, -0.25) is 9.48 Å². The van der Waals surface area contributed by atoms with Crippen molar-refractivity contribution >= 4 is 22.5 Å². The second kappa shape index (κ2) is 9.64. The number of amides is 1. The first kappa shape index (κ1) is 25.3. The molecule has 202 valence electrons. The van der Waals surface area contributed by atoms with Crippen LogP contribution in [0.3, 0.4) is 0 Å². The standard InChI is InChI=1S/C28H27F3N6O2/c1-17-13-19(26-32-15-20-14-21(28(29,30)31)4-5-22(20)33-26)3-6-23(17)36-7-8-37-24(16-36)18(2)25(34-37)27(38)35-9-11-39-12-10-35/h3-6,13-15H,7-12,16H2,1-2H3. The molecule has 11 heteroatoms. The van der Waals surface area contributed by atoms with Crippen LogP contribution >= 0.6 is 0 Å². The van der Waals surface area contributed by atoms with Gasteiger partial charge in [0.25, 0.3) is 5.91 Å². The molecule has 0 radical (unpaired) electrons. The predicted molar refractivity (Wildman–Crippen MR) is 139 cm³/mol. The minimum atomic E-state index is -4.41. The smallest absolute Gasteiger partial charge is 0.378 e. The Morgan fingerprint density at radius 2 is 1.79 bits per heavy atom. The van der Waals surface area contributed by atoms with Gasteiger partial charge in [-0.25, -0.2) is 9.97 Å². The lowest BCUT2D eigenvalue weighted by Gasteiger charge is -2.31. The maximum atomic E-state index is 13.1. The summed E-state index contributed by atoms with van der Waals surface area (Å²) in [5.41, 5.74) is 5.05. The maximum absolute atomic E-state index is 13.1. The van der Waals surface area contributed by atoms with E-state index in [2.05, 4.69) is 20.0 Å². The lowest BCUT2D eigenvalue weighted by atomic mass is 10.1. The Morgan fingerprint density at radius 3 is 2.54 bits per heavy atom. The van der Waals surface area contributed by atoms with Crippen LogP contribution in [0.1, 0.15) is 32.9 Å². The predicted octanol–water partition coefficient (Wildman–Crippen LogP) is 4.62. The van der Waals surface area contributed by atoms with Gasteiger partial charge in [-0.1, -0.05) is 0 Å². The van der Waals surface area contributed by atoms with E-state index in [4.69, 9.17) is 4.74 Å². The molecule has 0 N–H and O–H groups in total. The number of halogens is 3. The lowest BCUT2D eigenvalue weighted by Crippen LogP contribution is -2.41. The fourth-order valence-electron chi connectivity index (χ4n) is 5.27. The van der Waals surface area contributed by atoms with E-state index in [1.54, 1.807) is 4.90 Å². The van der Waals surface area contributed by atoms with E-state index in [0.717, 1.165) is 46.7 Å². The number of aryl methyl sites for hydroxylation is 1. The van der Waals surface area contributed by atoms with E-state index >= 15 is 0 Å². The van der Waals surface area contributed by atoms with E-state index in [9.17, 15) is 18.0 Å². The molecule has 2 aromatic carbocycles. The van der Waals surface area contributed by atoms with Crippen molar-refractivity contribution in [3.63, 3.8) is 0 Å². The summed E-state index contributed by atoms with van der Waals surface area (Å²) in [6.45, 7) is 8.26. The van der Waals surface area contributed by atoms with E-state index < -0.39 is 11.7 Å². The molecule has 0 aliphatic carbocycles. The number of anilines is 1. The normalized spacial score (nSPS) is 16.0. The first-order valence-electron chi connectivity index (χ1n) is 12.8. The highest BCUT2D eigenvalue weighted by molar-refractivity contribution is 5.94. The van der Waals surface area contributed by atoms with Crippen molar-refractivity contribution in [2.24, 2.45) is 0 Å². The van der Waals surface area contributed by atoms with E-state index in [0.29, 0.717) is 61.8 Å². The van der Waals surface area contributed by atoms with Crippen LogP contribution in [0.4, 0.5) is 18.9 Å². The zero-order valence-corrected chi connectivity index (χ0v) is 21.6. The zero-order chi connectivity index (χ0) is 27.3. The van der Waals surface area contributed by atoms with Gasteiger partial charge in [0.15, 0.2) is 11.5 Å². The first-order valence-corrected chi connectivity index (χ1v) is 12.8. The Bertz CT molecular complexity index is 1580. The van der Waals surface area contributed by atoms with Crippen molar-refractivity contribution in [2.75, 3.05) is 37.7 Å². The summed E-state index contributed by atoms with van der Waals surface area (Å²) in [7, 11) is 0. The molecule has 0 spiro atoms. The molecule has 4 heterocycles. The number of aromatic nitrogens is 4. The number of carbonyl (C=O) groups is 1. The number of nitrogens with zero attached hydrogens (tertiary/aromatic N) is 6. The molecule has 8 nitrogen and oxygen atoms in total. The van der Waals surface area contributed by atoms with Crippen molar-refractivity contribution in [2.45, 2.75) is 33.1 Å². The van der Waals surface area contributed by atoms with Gasteiger partial charge in [0.1, 0.15) is 0 Å². The summed E-state index contributed by atoms with van der Waals surface area (Å²) < 4.78 is 46.4. The number of morpholine rings is 1. The zero-order valence-electron chi connectivity index (χ0n) is 21.6. The molecule has 0 saturated carbocycles. The molecule has 4 aromatic rings. The molecule has 2 aromatic heterocycles. The minimum absolute atomic E-state index is 0.0465. The van der Waals surface area contributed by atoms with E-state index in [1.165, 1.54) is 12.3 Å². The van der Waals surface area contributed by atoms with Gasteiger partial charge in [-0.2, -0.15) is 18.3 Å². The van der Waals surface area contributed by atoms with Crippen molar-refractivity contribution in [3.05, 3.63) is 70.7 Å². The van der Waals surface area contributed by atoms with Crippen LogP contribution < -0.4 is 4.90 Å². The summed E-state index contributed by atoms with van der Waals surface area (Å²) in [5, 5.41) is 4.99. The highest BCUT2D eigenvalue weighted by Gasteiger charge is 2.31. The minimum Gasteiger partial charge on any atom is -0.378 e. The highest BCUT2D eigenvalue weighted by Crippen LogP contribution is 2.33. The second-order valence-electron chi connectivity index (χ2n) is 9.94. The average molecular weight is 537 g/mol. The van der Waals surface area contributed by atoms with Gasteiger partial charge < -0.3 is 14.5 Å². The molecule has 0 unspecified atom stereocenters. The molecule has 6 rings (SSSR count). The average Bonchev–Trinajstić information content (AvgIpc) is 3.27. The van der Waals surface area contributed by atoms with E-state index in [-0.39, 0.29) is 5.91 Å². The van der Waals surface area contributed by atoms with Gasteiger partial charge in [0.05, 0.1) is 43.1 Å². The van der Waals surface area contributed by atoms with Crippen molar-refractivity contribution in [1.82, 2.24) is 24.6 Å². The largest absolute Gasteiger partial charge is 0.416 e. The SMILES string of the molecule is Cc1cc(-c2ncc3cc(C(F)(F)F)ccc3n2)ccc1N1CCn2nc(C(=O)N3CCOCC3)c(C)c2C1. The Balaban J connectivity index is 1.23. The fraction of sp³-hybridized carbons (Fsp3) is 0.357. The second-order valence-corrected chi connectivity index (χ2v) is 9.94. The van der Waals surface area contributed by atoms with Crippen LogP contribution in [0.5, 0.6) is 0 Å². The third-order valence-electron chi connectivity index (χ3n) is 7.45. The number of hydrogen-bond donors (Lipinski definition) is 0.